The van der Waals surface area contributed by atoms with Crippen LogP contribution in [0.3, 0.4) is 0 Å². The highest BCUT2D eigenvalue weighted by atomic mass is 32.2. The first kappa shape index (κ1) is 26.1. The molecule has 0 atom stereocenters. The van der Waals surface area contributed by atoms with Gasteiger partial charge >= 0.3 is 0 Å². The van der Waals surface area contributed by atoms with Crippen molar-refractivity contribution in [2.24, 2.45) is 10.1 Å². The summed E-state index contributed by atoms with van der Waals surface area (Å²) in [5.74, 6) is 0. The van der Waals surface area contributed by atoms with Crippen LogP contribution in [0.5, 0.6) is 0 Å². The van der Waals surface area contributed by atoms with E-state index in [1.165, 1.54) is 15.6 Å². The molecule has 1 N–H and O–H groups in total. The summed E-state index contributed by atoms with van der Waals surface area (Å²) in [6.45, 7) is 1.53. The quantitative estimate of drug-likeness (QED) is 0.268. The molecule has 0 bridgehead atoms. The van der Waals surface area contributed by atoms with Crippen LogP contribution in [0, 0.1) is 0 Å². The van der Waals surface area contributed by atoms with Gasteiger partial charge < -0.3 is 9.72 Å². The first-order valence-electron chi connectivity index (χ1n) is 12.8. The highest BCUT2D eigenvalue weighted by Crippen LogP contribution is 2.26. The number of nitrogens with zero attached hydrogens (tertiary/aromatic N) is 4. The molecule has 6 rings (SSSR count). The highest BCUT2D eigenvalue weighted by molar-refractivity contribution is 7.89. The number of aromatic amines is 1. The zero-order valence-corrected chi connectivity index (χ0v) is 23.2. The van der Waals surface area contributed by atoms with Crippen molar-refractivity contribution >= 4 is 33.3 Å². The zero-order chi connectivity index (χ0) is 27.4. The fourth-order valence-electron chi connectivity index (χ4n) is 4.43. The lowest BCUT2D eigenvalue weighted by Crippen LogP contribution is -2.40. The molecule has 1 aliphatic heterocycles. The van der Waals surface area contributed by atoms with E-state index in [4.69, 9.17) is 14.8 Å². The Labute approximate surface area is 236 Å². The second-order valence-corrected chi connectivity index (χ2v) is 11.9. The normalized spacial score (nSPS) is 15.2. The molecule has 3 heterocycles. The lowest BCUT2D eigenvalue weighted by atomic mass is 10.0. The average Bonchev–Trinajstić information content (AvgIpc) is 3.67. The number of H-pyrrole nitrogens is 1. The molecular weight excluding hydrogens is 542 g/mol. The van der Waals surface area contributed by atoms with Gasteiger partial charge in [-0.1, -0.05) is 54.6 Å². The summed E-state index contributed by atoms with van der Waals surface area (Å²) in [5, 5.41) is 6.77. The number of ether oxygens (including phenoxy) is 1. The number of sulfonamides is 1. The lowest BCUT2D eigenvalue weighted by molar-refractivity contribution is 0.0730. The van der Waals surface area contributed by atoms with Crippen molar-refractivity contribution in [3.63, 3.8) is 0 Å². The minimum absolute atomic E-state index is 0.247. The Kier molecular flexibility index (Phi) is 7.56. The second kappa shape index (κ2) is 11.6. The third-order valence-corrected chi connectivity index (χ3v) is 9.31. The van der Waals surface area contributed by atoms with Crippen molar-refractivity contribution in [1.82, 2.24) is 14.0 Å². The van der Waals surface area contributed by atoms with Crippen molar-refractivity contribution in [1.29, 1.82) is 0 Å². The largest absolute Gasteiger partial charge is 0.379 e. The number of thiazole rings is 1. The van der Waals surface area contributed by atoms with Gasteiger partial charge in [-0.2, -0.15) is 9.41 Å². The first-order valence-corrected chi connectivity index (χ1v) is 15.2. The van der Waals surface area contributed by atoms with Crippen LogP contribution in [-0.4, -0.2) is 54.9 Å². The molecule has 1 fully saturated rings. The van der Waals surface area contributed by atoms with Crippen LogP contribution in [-0.2, 0) is 14.8 Å². The third-order valence-electron chi connectivity index (χ3n) is 6.58. The van der Waals surface area contributed by atoms with Gasteiger partial charge in [-0.25, -0.2) is 18.1 Å². The maximum Gasteiger partial charge on any atom is 0.243 e. The molecule has 1 aliphatic rings. The summed E-state index contributed by atoms with van der Waals surface area (Å²) in [5.41, 5.74) is 5.71. The van der Waals surface area contributed by atoms with Crippen LogP contribution in [0.15, 0.2) is 118 Å². The molecule has 0 aliphatic carbocycles. The number of morpholine rings is 1. The molecular formula is C30H27N5O3S2. The molecule has 0 amide bonds. The van der Waals surface area contributed by atoms with Gasteiger partial charge in [0.2, 0.25) is 14.8 Å². The molecule has 0 spiro atoms. The fraction of sp³-hybridized carbons (Fsp3) is 0.133. The summed E-state index contributed by atoms with van der Waals surface area (Å²) in [6.07, 6.45) is 3.60. The predicted molar refractivity (Wildman–Crippen MR) is 158 cm³/mol. The predicted octanol–water partition coefficient (Wildman–Crippen LogP) is 5.35. The highest BCUT2D eigenvalue weighted by Gasteiger charge is 2.26. The van der Waals surface area contributed by atoms with Gasteiger partial charge in [0.05, 0.1) is 41.4 Å². The topological polar surface area (TPSA) is 92.0 Å². The molecule has 40 heavy (non-hydrogen) atoms. The maximum absolute atomic E-state index is 13.0. The van der Waals surface area contributed by atoms with E-state index in [1.807, 2.05) is 41.9 Å². The molecule has 10 heteroatoms. The van der Waals surface area contributed by atoms with E-state index in [1.54, 1.807) is 35.2 Å². The van der Waals surface area contributed by atoms with E-state index >= 15 is 0 Å². The van der Waals surface area contributed by atoms with Crippen molar-refractivity contribution in [2.45, 2.75) is 4.90 Å². The fourth-order valence-corrected chi connectivity index (χ4v) is 6.70. The Morgan fingerprint density at radius 1 is 0.825 bits per heavy atom. The molecule has 0 unspecified atom stereocenters. The Hall–Kier alpha value is -4.09. The number of hydrogen-bond acceptors (Lipinski definition) is 6. The van der Waals surface area contributed by atoms with Crippen LogP contribution in [0.25, 0.3) is 22.4 Å². The second-order valence-electron chi connectivity index (χ2n) is 9.15. The molecule has 5 aromatic rings. The molecule has 0 saturated carbocycles. The summed E-state index contributed by atoms with van der Waals surface area (Å²) < 4.78 is 34.6. The van der Waals surface area contributed by atoms with Gasteiger partial charge in [-0.3, -0.25) is 0 Å². The minimum Gasteiger partial charge on any atom is -0.379 e. The SMILES string of the molecule is O=S(=O)(c1ccc(N=c2scc(-c3ccc(-c4ccccc4)cc3)n2N=Cc2ccc[nH]2)cc1)N1CCOCC1. The molecule has 8 nitrogen and oxygen atoms in total. The average molecular weight is 570 g/mol. The summed E-state index contributed by atoms with van der Waals surface area (Å²) >= 11 is 1.47. The standard InChI is InChI=1S/C30H27N5O3S2/c36-40(37,34-17-19-38-20-18-34)28-14-12-26(13-15-28)33-30-35(32-21-27-7-4-16-31-27)29(22-39-30)25-10-8-24(9-11-25)23-5-2-1-3-6-23/h1-16,21-22,31H,17-20H2. The van der Waals surface area contributed by atoms with Gasteiger partial charge in [0, 0.05) is 30.2 Å². The van der Waals surface area contributed by atoms with Crippen LogP contribution in [0.2, 0.25) is 0 Å². The molecule has 0 radical (unpaired) electrons. The maximum atomic E-state index is 13.0. The van der Waals surface area contributed by atoms with E-state index in [2.05, 4.69) is 41.4 Å². The van der Waals surface area contributed by atoms with Crippen molar-refractivity contribution in [2.75, 3.05) is 26.3 Å². The number of benzene rings is 3. The van der Waals surface area contributed by atoms with E-state index < -0.39 is 10.0 Å². The zero-order valence-electron chi connectivity index (χ0n) is 21.6. The van der Waals surface area contributed by atoms with E-state index in [-0.39, 0.29) is 4.90 Å². The smallest absolute Gasteiger partial charge is 0.243 e. The first-order chi connectivity index (χ1) is 19.6. The van der Waals surface area contributed by atoms with Crippen molar-refractivity contribution in [3.8, 4) is 22.4 Å². The third kappa shape index (κ3) is 5.61. The van der Waals surface area contributed by atoms with Crippen LogP contribution in [0.1, 0.15) is 5.69 Å². The van der Waals surface area contributed by atoms with Crippen LogP contribution < -0.4 is 4.80 Å². The molecule has 2 aromatic heterocycles. The summed E-state index contributed by atoms with van der Waals surface area (Å²) in [7, 11) is -3.57. The van der Waals surface area contributed by atoms with Gasteiger partial charge in [-0.05, 0) is 47.5 Å². The Morgan fingerprint density at radius 3 is 2.23 bits per heavy atom. The number of hydrogen-bond donors (Lipinski definition) is 1. The van der Waals surface area contributed by atoms with E-state index in [9.17, 15) is 8.42 Å². The Bertz CT molecular complexity index is 1770. The van der Waals surface area contributed by atoms with Gasteiger partial charge in [0.15, 0.2) is 0 Å². The van der Waals surface area contributed by atoms with Gasteiger partial charge in [-0.15, -0.1) is 11.3 Å². The van der Waals surface area contributed by atoms with Crippen LogP contribution >= 0.6 is 11.3 Å². The minimum atomic E-state index is -3.57. The van der Waals surface area contributed by atoms with Gasteiger partial charge in [0.1, 0.15) is 0 Å². The molecule has 1 saturated heterocycles. The van der Waals surface area contributed by atoms with Crippen LogP contribution in [0.4, 0.5) is 5.69 Å². The molecule has 3 aromatic carbocycles. The van der Waals surface area contributed by atoms with E-state index in [0.29, 0.717) is 36.8 Å². The lowest BCUT2D eigenvalue weighted by Gasteiger charge is -2.26. The van der Waals surface area contributed by atoms with Crippen molar-refractivity contribution in [3.05, 3.63) is 113 Å². The summed E-state index contributed by atoms with van der Waals surface area (Å²) in [6, 6.07) is 29.1. The number of aromatic nitrogens is 2. The summed E-state index contributed by atoms with van der Waals surface area (Å²) in [4.78, 5) is 8.87. The van der Waals surface area contributed by atoms with Crippen molar-refractivity contribution < 1.29 is 13.2 Å². The van der Waals surface area contributed by atoms with E-state index in [0.717, 1.165) is 28.1 Å². The molecule has 202 valence electrons. The number of nitrogens with one attached hydrogen (secondary N) is 1. The Balaban J connectivity index is 1.34. The monoisotopic (exact) mass is 569 g/mol. The van der Waals surface area contributed by atoms with Gasteiger partial charge in [0.25, 0.3) is 0 Å². The number of rotatable bonds is 7. The Morgan fingerprint density at radius 2 is 1.52 bits per heavy atom.